The molecule has 1 aliphatic rings. The van der Waals surface area contributed by atoms with Crippen LogP contribution in [0, 0.1) is 0 Å². The number of aromatic amines is 1. The first-order chi connectivity index (χ1) is 14.8. The van der Waals surface area contributed by atoms with Gasteiger partial charge in [0.05, 0.1) is 7.11 Å². The van der Waals surface area contributed by atoms with Crippen LogP contribution in [0.25, 0.3) is 10.9 Å². The molecule has 0 aliphatic carbocycles. The lowest BCUT2D eigenvalue weighted by Gasteiger charge is -2.32. The summed E-state index contributed by atoms with van der Waals surface area (Å²) in [5.41, 5.74) is 2.73. The molecule has 164 valence electrons. The maximum absolute atomic E-state index is 12.8. The van der Waals surface area contributed by atoms with Crippen molar-refractivity contribution in [3.8, 4) is 11.5 Å². The molecule has 1 aliphatic heterocycles. The molecule has 0 unspecified atom stereocenters. The van der Waals surface area contributed by atoms with Gasteiger partial charge in [-0.3, -0.25) is 4.79 Å². The summed E-state index contributed by atoms with van der Waals surface area (Å²) in [4.78, 5) is 17.9. The third-order valence-corrected chi connectivity index (χ3v) is 5.65. The quantitative estimate of drug-likeness (QED) is 0.608. The number of H-pyrrole nitrogens is 1. The monoisotopic (exact) mass is 432 g/mol. The summed E-state index contributed by atoms with van der Waals surface area (Å²) in [7, 11) is 1.65. The van der Waals surface area contributed by atoms with Crippen LogP contribution in [0.5, 0.6) is 11.5 Å². The highest BCUT2D eigenvalue weighted by Crippen LogP contribution is 2.35. The minimum absolute atomic E-state index is 0.0855. The van der Waals surface area contributed by atoms with Crippen molar-refractivity contribution in [2.24, 2.45) is 0 Å². The van der Waals surface area contributed by atoms with Gasteiger partial charge in [-0.25, -0.2) is 0 Å². The SMILES string of the molecule is COc1ccc2[nH]cc(C3CCN(C(=O)c4ccc(OCC(F)(F)F)cc4)CC3)c2c1. The molecule has 1 fully saturated rings. The van der Waals surface area contributed by atoms with Gasteiger partial charge in [-0.2, -0.15) is 13.2 Å². The Balaban J connectivity index is 1.38. The van der Waals surface area contributed by atoms with Crippen molar-refractivity contribution in [2.75, 3.05) is 26.8 Å². The summed E-state index contributed by atoms with van der Waals surface area (Å²) >= 11 is 0. The number of rotatable bonds is 5. The number of hydrogen-bond acceptors (Lipinski definition) is 3. The Morgan fingerprint density at radius 1 is 1.10 bits per heavy atom. The second-order valence-electron chi connectivity index (χ2n) is 7.65. The van der Waals surface area contributed by atoms with Crippen LogP contribution in [0.1, 0.15) is 34.7 Å². The summed E-state index contributed by atoms with van der Waals surface area (Å²) in [5.74, 6) is 1.11. The Morgan fingerprint density at radius 3 is 2.42 bits per heavy atom. The minimum Gasteiger partial charge on any atom is -0.497 e. The predicted molar refractivity (Wildman–Crippen MR) is 111 cm³/mol. The molecular formula is C23H23F3N2O3. The number of alkyl halides is 3. The lowest BCUT2D eigenvalue weighted by molar-refractivity contribution is -0.153. The van der Waals surface area contributed by atoms with Crippen molar-refractivity contribution in [3.05, 3.63) is 59.8 Å². The molecule has 0 atom stereocenters. The van der Waals surface area contributed by atoms with Crippen molar-refractivity contribution >= 4 is 16.8 Å². The number of aromatic nitrogens is 1. The summed E-state index contributed by atoms with van der Waals surface area (Å²) in [6, 6.07) is 11.7. The average molecular weight is 432 g/mol. The zero-order chi connectivity index (χ0) is 22.0. The highest BCUT2D eigenvalue weighted by atomic mass is 19.4. The summed E-state index contributed by atoms with van der Waals surface area (Å²) < 4.78 is 46.8. The Labute approximate surface area is 177 Å². The van der Waals surface area contributed by atoms with Crippen LogP contribution < -0.4 is 9.47 Å². The van der Waals surface area contributed by atoms with Crippen molar-refractivity contribution in [2.45, 2.75) is 24.9 Å². The number of benzene rings is 2. The van der Waals surface area contributed by atoms with Gasteiger partial charge < -0.3 is 19.4 Å². The number of halogens is 3. The van der Waals surface area contributed by atoms with Gasteiger partial charge in [0.1, 0.15) is 11.5 Å². The van der Waals surface area contributed by atoms with E-state index >= 15 is 0 Å². The van der Waals surface area contributed by atoms with Crippen LogP contribution in [0.15, 0.2) is 48.7 Å². The van der Waals surface area contributed by atoms with E-state index in [4.69, 9.17) is 9.47 Å². The molecule has 1 amide bonds. The molecule has 4 rings (SSSR count). The Kier molecular flexibility index (Phi) is 5.80. The van der Waals surface area contributed by atoms with Crippen molar-refractivity contribution < 1.29 is 27.4 Å². The van der Waals surface area contributed by atoms with Crippen LogP contribution in [-0.4, -0.2) is 48.8 Å². The number of nitrogens with one attached hydrogen (secondary N) is 1. The van der Waals surface area contributed by atoms with Crippen LogP contribution >= 0.6 is 0 Å². The van der Waals surface area contributed by atoms with E-state index in [-0.39, 0.29) is 11.7 Å². The third kappa shape index (κ3) is 4.78. The molecule has 0 bridgehead atoms. The molecule has 2 heterocycles. The zero-order valence-corrected chi connectivity index (χ0v) is 17.0. The van der Waals surface area contributed by atoms with Gasteiger partial charge in [0.15, 0.2) is 6.61 Å². The highest BCUT2D eigenvalue weighted by molar-refractivity contribution is 5.94. The summed E-state index contributed by atoms with van der Waals surface area (Å²) in [6.07, 6.45) is -0.688. The smallest absolute Gasteiger partial charge is 0.422 e. The van der Waals surface area contributed by atoms with Crippen molar-refractivity contribution in [3.63, 3.8) is 0 Å². The first-order valence-electron chi connectivity index (χ1n) is 10.1. The van der Waals surface area contributed by atoms with E-state index in [1.807, 2.05) is 24.4 Å². The van der Waals surface area contributed by atoms with Gasteiger partial charge in [0.2, 0.25) is 0 Å². The topological polar surface area (TPSA) is 54.6 Å². The van der Waals surface area contributed by atoms with Crippen LogP contribution in [-0.2, 0) is 0 Å². The van der Waals surface area contributed by atoms with E-state index in [0.717, 1.165) is 29.5 Å². The number of fused-ring (bicyclic) bond motifs is 1. The Morgan fingerprint density at radius 2 is 1.77 bits per heavy atom. The second kappa shape index (κ2) is 8.53. The largest absolute Gasteiger partial charge is 0.497 e. The fraction of sp³-hybridized carbons (Fsp3) is 0.348. The van der Waals surface area contributed by atoms with Gasteiger partial charge in [0.25, 0.3) is 5.91 Å². The fourth-order valence-electron chi connectivity index (χ4n) is 4.02. The maximum Gasteiger partial charge on any atom is 0.422 e. The lowest BCUT2D eigenvalue weighted by Crippen LogP contribution is -2.37. The van der Waals surface area contributed by atoms with Crippen molar-refractivity contribution in [1.82, 2.24) is 9.88 Å². The van der Waals surface area contributed by atoms with E-state index < -0.39 is 12.8 Å². The number of piperidine rings is 1. The average Bonchev–Trinajstić information content (AvgIpc) is 3.20. The molecule has 0 spiro atoms. The van der Waals surface area contributed by atoms with Gasteiger partial charge in [-0.1, -0.05) is 0 Å². The number of carbonyl (C=O) groups is 1. The number of nitrogens with zero attached hydrogens (tertiary/aromatic N) is 1. The molecule has 1 saturated heterocycles. The second-order valence-corrected chi connectivity index (χ2v) is 7.65. The van der Waals surface area contributed by atoms with E-state index in [9.17, 15) is 18.0 Å². The highest BCUT2D eigenvalue weighted by Gasteiger charge is 2.29. The predicted octanol–water partition coefficient (Wildman–Crippen LogP) is 5.14. The molecule has 3 aromatic rings. The summed E-state index contributed by atoms with van der Waals surface area (Å²) in [5, 5.41) is 1.14. The van der Waals surface area contributed by atoms with E-state index in [2.05, 4.69) is 4.98 Å². The third-order valence-electron chi connectivity index (χ3n) is 5.65. The molecule has 0 saturated carbocycles. The number of amides is 1. The van der Waals surface area contributed by atoms with Gasteiger partial charge in [-0.05, 0) is 66.8 Å². The molecule has 1 N–H and O–H groups in total. The summed E-state index contributed by atoms with van der Waals surface area (Å²) in [6.45, 7) is -0.119. The van der Waals surface area contributed by atoms with Crippen LogP contribution in [0.2, 0.25) is 0 Å². The molecule has 8 heteroatoms. The standard InChI is InChI=1S/C23H23F3N2O3/c1-30-18-6-7-21-19(12-18)20(13-27-21)15-8-10-28(11-9-15)22(29)16-2-4-17(5-3-16)31-14-23(24,25)26/h2-7,12-13,15,27H,8-11,14H2,1H3. The normalized spacial score (nSPS) is 15.3. The van der Waals surface area contributed by atoms with Gasteiger partial charge >= 0.3 is 6.18 Å². The van der Waals surface area contributed by atoms with Gasteiger partial charge in [0, 0.05) is 35.8 Å². The van der Waals surface area contributed by atoms with E-state index in [0.29, 0.717) is 24.6 Å². The maximum atomic E-state index is 12.8. The fourth-order valence-corrected chi connectivity index (χ4v) is 4.02. The molecule has 5 nitrogen and oxygen atoms in total. The molecule has 2 aromatic carbocycles. The van der Waals surface area contributed by atoms with Gasteiger partial charge in [-0.15, -0.1) is 0 Å². The molecule has 0 radical (unpaired) electrons. The Hall–Kier alpha value is -3.16. The number of carbonyl (C=O) groups excluding carboxylic acids is 1. The number of hydrogen-bond donors (Lipinski definition) is 1. The zero-order valence-electron chi connectivity index (χ0n) is 17.0. The van der Waals surface area contributed by atoms with Crippen LogP contribution in [0.3, 0.4) is 0 Å². The molecule has 31 heavy (non-hydrogen) atoms. The number of methoxy groups -OCH3 is 1. The van der Waals surface area contributed by atoms with Crippen LogP contribution in [0.4, 0.5) is 13.2 Å². The molecule has 1 aromatic heterocycles. The number of ether oxygens (including phenoxy) is 2. The first kappa shape index (κ1) is 21.1. The Bertz CT molecular complexity index is 1050. The lowest BCUT2D eigenvalue weighted by atomic mass is 9.89. The van der Waals surface area contributed by atoms with E-state index in [1.165, 1.54) is 29.8 Å². The van der Waals surface area contributed by atoms with E-state index in [1.54, 1.807) is 12.0 Å². The van der Waals surface area contributed by atoms with Crippen molar-refractivity contribution in [1.29, 1.82) is 0 Å². The minimum atomic E-state index is -4.39. The number of likely N-dealkylation sites (tertiary alicyclic amines) is 1. The molecular weight excluding hydrogens is 409 g/mol. The first-order valence-corrected chi connectivity index (χ1v) is 10.1.